The third-order valence-electron chi connectivity index (χ3n) is 4.57. The van der Waals surface area contributed by atoms with Crippen LogP contribution in [0.5, 0.6) is 0 Å². The molecule has 2 rings (SSSR count). The van der Waals surface area contributed by atoms with Crippen molar-refractivity contribution in [3.63, 3.8) is 0 Å². The van der Waals surface area contributed by atoms with E-state index in [-0.39, 0.29) is 13.0 Å². The van der Waals surface area contributed by atoms with Gasteiger partial charge in [-0.3, -0.25) is 14.4 Å². The van der Waals surface area contributed by atoms with Crippen LogP contribution >= 0.6 is 0 Å². The number of ether oxygens (including phenoxy) is 1. The van der Waals surface area contributed by atoms with Crippen LogP contribution in [0.15, 0.2) is 60.7 Å². The molecule has 0 heterocycles. The van der Waals surface area contributed by atoms with Crippen molar-refractivity contribution in [1.82, 2.24) is 16.0 Å². The normalized spacial score (nSPS) is 12.7. The van der Waals surface area contributed by atoms with Crippen molar-refractivity contribution in [2.45, 2.75) is 38.2 Å². The number of halogens is 3. The van der Waals surface area contributed by atoms with E-state index in [0.717, 1.165) is 5.56 Å². The molecule has 0 unspecified atom stereocenters. The quantitative estimate of drug-likeness (QED) is 0.484. The predicted molar refractivity (Wildman–Crippen MR) is 115 cm³/mol. The second-order valence-corrected chi connectivity index (χ2v) is 7.32. The molecule has 0 saturated carbocycles. The summed E-state index contributed by atoms with van der Waals surface area (Å²) in [5, 5.41) is 6.49. The molecule has 3 amide bonds. The molecule has 3 N–H and O–H groups in total. The van der Waals surface area contributed by atoms with E-state index < -0.39 is 48.5 Å². The molecule has 0 fully saturated rings. The maximum absolute atomic E-state index is 13.0. The fourth-order valence-electron chi connectivity index (χ4n) is 2.84. The van der Waals surface area contributed by atoms with Gasteiger partial charge >= 0.3 is 12.3 Å². The maximum Gasteiger partial charge on any atom is 0.452 e. The van der Waals surface area contributed by atoms with Crippen LogP contribution in [-0.4, -0.2) is 48.5 Å². The number of carbonyl (C=O) groups excluding carboxylic acids is 4. The number of ketones is 1. The first-order valence-corrected chi connectivity index (χ1v) is 10.3. The number of rotatable bonds is 10. The summed E-state index contributed by atoms with van der Waals surface area (Å²) in [5.41, 5.74) is 1.16. The van der Waals surface area contributed by atoms with E-state index in [0.29, 0.717) is 5.56 Å². The lowest BCUT2D eigenvalue weighted by atomic mass is 10.0. The van der Waals surface area contributed by atoms with E-state index in [4.69, 9.17) is 4.74 Å². The van der Waals surface area contributed by atoms with Crippen molar-refractivity contribution in [1.29, 1.82) is 0 Å². The van der Waals surface area contributed by atoms with Gasteiger partial charge in [0.15, 0.2) is 0 Å². The van der Waals surface area contributed by atoms with Crippen molar-refractivity contribution in [3.05, 3.63) is 71.8 Å². The van der Waals surface area contributed by atoms with Crippen molar-refractivity contribution < 1.29 is 37.1 Å². The second kappa shape index (κ2) is 12.4. The van der Waals surface area contributed by atoms with E-state index >= 15 is 0 Å². The zero-order chi connectivity index (χ0) is 25.1. The minimum absolute atomic E-state index is 0.0108. The van der Waals surface area contributed by atoms with Crippen molar-refractivity contribution in [2.24, 2.45) is 0 Å². The van der Waals surface area contributed by atoms with Gasteiger partial charge in [0.2, 0.25) is 11.8 Å². The van der Waals surface area contributed by atoms with E-state index in [1.165, 1.54) is 19.1 Å². The number of Topliss-reactive ketones (excluding diaryl/α,β-unsaturated/α-hetero) is 1. The molecule has 34 heavy (non-hydrogen) atoms. The van der Waals surface area contributed by atoms with Crippen LogP contribution in [0.3, 0.4) is 0 Å². The number of alkyl halides is 3. The Labute approximate surface area is 193 Å². The van der Waals surface area contributed by atoms with E-state index in [2.05, 4.69) is 10.6 Å². The lowest BCUT2D eigenvalue weighted by Gasteiger charge is -2.22. The lowest BCUT2D eigenvalue weighted by Crippen LogP contribution is -2.54. The molecule has 2 aromatic carbocycles. The summed E-state index contributed by atoms with van der Waals surface area (Å²) in [6, 6.07) is 13.6. The average Bonchev–Trinajstić information content (AvgIpc) is 2.81. The number of carbonyl (C=O) groups is 4. The third kappa shape index (κ3) is 8.93. The molecule has 0 radical (unpaired) electrons. The summed E-state index contributed by atoms with van der Waals surface area (Å²) in [5.74, 6) is -3.87. The van der Waals surface area contributed by atoms with Gasteiger partial charge in [-0.2, -0.15) is 13.2 Å². The fourth-order valence-corrected chi connectivity index (χ4v) is 2.84. The predicted octanol–water partition coefficient (Wildman–Crippen LogP) is 2.28. The Bertz CT molecular complexity index is 984. The zero-order valence-electron chi connectivity index (χ0n) is 18.2. The van der Waals surface area contributed by atoms with Gasteiger partial charge < -0.3 is 20.7 Å². The second-order valence-electron chi connectivity index (χ2n) is 7.32. The Balaban J connectivity index is 1.85. The van der Waals surface area contributed by atoms with Gasteiger partial charge in [-0.05, 0) is 18.1 Å². The number of hydrogen-bond donors (Lipinski definition) is 3. The summed E-state index contributed by atoms with van der Waals surface area (Å²) in [6.07, 6.45) is -6.39. The Hall–Kier alpha value is -3.89. The minimum atomic E-state index is -5.15. The Morgan fingerprint density at radius 2 is 1.44 bits per heavy atom. The number of benzene rings is 2. The standard InChI is InChI=1S/C23H24F3N3O5/c1-15(28-19(30)13-27-22(33)34-14-17-10-6-3-7-11-17)21(32)29-18(20(31)23(24,25)26)12-16-8-4-2-5-9-16/h2-11,15,18H,12-14H2,1H3,(H,27,33)(H,28,30)(H,29,32)/t15-,18-/m0/s1. The van der Waals surface area contributed by atoms with Crippen LogP contribution in [0, 0.1) is 0 Å². The molecular weight excluding hydrogens is 455 g/mol. The highest BCUT2D eigenvalue weighted by molar-refractivity contribution is 5.95. The number of nitrogens with one attached hydrogen (secondary N) is 3. The average molecular weight is 479 g/mol. The first kappa shape index (κ1) is 26.4. The fraction of sp³-hybridized carbons (Fsp3) is 0.304. The summed E-state index contributed by atoms with van der Waals surface area (Å²) in [6.45, 7) is 0.696. The first-order chi connectivity index (χ1) is 16.1. The Morgan fingerprint density at radius 3 is 2.00 bits per heavy atom. The van der Waals surface area contributed by atoms with Gasteiger partial charge in [0.25, 0.3) is 5.78 Å². The molecule has 0 aromatic heterocycles. The minimum Gasteiger partial charge on any atom is -0.445 e. The molecule has 11 heteroatoms. The maximum atomic E-state index is 13.0. The van der Waals surface area contributed by atoms with Crippen molar-refractivity contribution in [2.75, 3.05) is 6.54 Å². The Morgan fingerprint density at radius 1 is 0.882 bits per heavy atom. The number of hydrogen-bond acceptors (Lipinski definition) is 5. The molecule has 8 nitrogen and oxygen atoms in total. The summed E-state index contributed by atoms with van der Waals surface area (Å²) in [7, 11) is 0. The highest BCUT2D eigenvalue weighted by Gasteiger charge is 2.44. The highest BCUT2D eigenvalue weighted by atomic mass is 19.4. The SMILES string of the molecule is C[C@H](NC(=O)CNC(=O)OCc1ccccc1)C(=O)N[C@@H](Cc1ccccc1)C(=O)C(F)(F)F. The number of amides is 3. The zero-order valence-corrected chi connectivity index (χ0v) is 18.2. The van der Waals surface area contributed by atoms with Crippen LogP contribution in [0.2, 0.25) is 0 Å². The van der Waals surface area contributed by atoms with E-state index in [9.17, 15) is 32.3 Å². The molecule has 0 aliphatic heterocycles. The summed E-state index contributed by atoms with van der Waals surface area (Å²) in [4.78, 5) is 47.8. The van der Waals surface area contributed by atoms with Gasteiger partial charge in [-0.1, -0.05) is 60.7 Å². The van der Waals surface area contributed by atoms with E-state index in [1.54, 1.807) is 48.5 Å². The molecule has 0 aliphatic carbocycles. The molecule has 0 bridgehead atoms. The summed E-state index contributed by atoms with van der Waals surface area (Å²) >= 11 is 0. The van der Waals surface area contributed by atoms with Gasteiger partial charge in [0, 0.05) is 6.42 Å². The summed E-state index contributed by atoms with van der Waals surface area (Å²) < 4.78 is 43.9. The van der Waals surface area contributed by atoms with Crippen LogP contribution in [0.4, 0.5) is 18.0 Å². The van der Waals surface area contributed by atoms with Crippen molar-refractivity contribution in [3.8, 4) is 0 Å². The molecule has 0 aliphatic rings. The number of alkyl carbamates (subject to hydrolysis) is 1. The van der Waals surface area contributed by atoms with Gasteiger partial charge in [0.1, 0.15) is 25.2 Å². The molecule has 2 aromatic rings. The van der Waals surface area contributed by atoms with Gasteiger partial charge in [-0.25, -0.2) is 4.79 Å². The molecule has 182 valence electrons. The topological polar surface area (TPSA) is 114 Å². The smallest absolute Gasteiger partial charge is 0.445 e. The van der Waals surface area contributed by atoms with Crippen LogP contribution < -0.4 is 16.0 Å². The van der Waals surface area contributed by atoms with Gasteiger partial charge in [-0.15, -0.1) is 0 Å². The molecule has 0 spiro atoms. The molecule has 2 atom stereocenters. The van der Waals surface area contributed by atoms with Crippen LogP contribution in [0.25, 0.3) is 0 Å². The van der Waals surface area contributed by atoms with Crippen LogP contribution in [-0.2, 0) is 32.1 Å². The van der Waals surface area contributed by atoms with Crippen molar-refractivity contribution >= 4 is 23.7 Å². The molecule has 0 saturated heterocycles. The largest absolute Gasteiger partial charge is 0.452 e. The van der Waals surface area contributed by atoms with E-state index in [1.807, 2.05) is 5.32 Å². The Kier molecular flexibility index (Phi) is 9.60. The highest BCUT2D eigenvalue weighted by Crippen LogP contribution is 2.20. The molecular formula is C23H24F3N3O5. The first-order valence-electron chi connectivity index (χ1n) is 10.3. The van der Waals surface area contributed by atoms with Gasteiger partial charge in [0.05, 0.1) is 0 Å². The third-order valence-corrected chi connectivity index (χ3v) is 4.57. The lowest BCUT2D eigenvalue weighted by molar-refractivity contribution is -0.173. The monoisotopic (exact) mass is 479 g/mol. The van der Waals surface area contributed by atoms with Crippen LogP contribution in [0.1, 0.15) is 18.1 Å².